The molecule has 0 bridgehead atoms. The Hall–Kier alpha value is -2.53. The minimum absolute atomic E-state index is 0.365. The number of hydrogen-bond acceptors (Lipinski definition) is 4. The second-order valence-electron chi connectivity index (χ2n) is 5.56. The van der Waals surface area contributed by atoms with Crippen molar-refractivity contribution in [2.45, 2.75) is 25.2 Å². The quantitative estimate of drug-likeness (QED) is 0.633. The number of amides is 1. The third-order valence-electron chi connectivity index (χ3n) is 4.04. The molecule has 0 spiro atoms. The highest BCUT2D eigenvalue weighted by Gasteiger charge is 2.51. The predicted octanol–water partition coefficient (Wildman–Crippen LogP) is 3.41. The van der Waals surface area contributed by atoms with E-state index in [-0.39, 0.29) is 5.91 Å². The van der Waals surface area contributed by atoms with Gasteiger partial charge in [-0.05, 0) is 61.7 Å². The van der Waals surface area contributed by atoms with Crippen LogP contribution in [0.5, 0.6) is 17.2 Å². The van der Waals surface area contributed by atoms with Crippen LogP contribution in [-0.2, 0) is 10.2 Å². The highest BCUT2D eigenvalue weighted by Crippen LogP contribution is 2.49. The van der Waals surface area contributed by atoms with Gasteiger partial charge in [0.15, 0.2) is 0 Å². The average Bonchev–Trinajstić information content (AvgIpc) is 3.38. The number of carbonyl (C=O) groups excluding carboxylic acids is 1. The van der Waals surface area contributed by atoms with Crippen LogP contribution in [0.3, 0.4) is 0 Å². The number of rotatable bonds is 6. The van der Waals surface area contributed by atoms with Crippen molar-refractivity contribution in [2.75, 3.05) is 6.61 Å². The summed E-state index contributed by atoms with van der Waals surface area (Å²) in [5, 5.41) is 8.90. The largest absolute Gasteiger partial charge is 0.494 e. The van der Waals surface area contributed by atoms with E-state index >= 15 is 0 Å². The minimum atomic E-state index is -0.618. The summed E-state index contributed by atoms with van der Waals surface area (Å²) in [7, 11) is 0. The van der Waals surface area contributed by atoms with Gasteiger partial charge < -0.3 is 9.47 Å². The van der Waals surface area contributed by atoms with E-state index < -0.39 is 5.41 Å². The number of hydrogen-bond donors (Lipinski definition) is 2. The molecular formula is C18H19NO4. The van der Waals surface area contributed by atoms with E-state index in [1.165, 1.54) is 0 Å². The maximum Gasteiger partial charge on any atom is 0.253 e. The molecule has 23 heavy (non-hydrogen) atoms. The lowest BCUT2D eigenvalue weighted by molar-refractivity contribution is -0.131. The molecule has 3 rings (SSSR count). The predicted molar refractivity (Wildman–Crippen MR) is 85.0 cm³/mol. The topological polar surface area (TPSA) is 67.8 Å². The molecule has 1 aliphatic carbocycles. The molecule has 5 heteroatoms. The Morgan fingerprint density at radius 2 is 1.83 bits per heavy atom. The Morgan fingerprint density at radius 1 is 1.13 bits per heavy atom. The number of hydroxylamine groups is 1. The lowest BCUT2D eigenvalue weighted by Crippen LogP contribution is -2.32. The van der Waals surface area contributed by atoms with Crippen molar-refractivity contribution >= 4 is 5.91 Å². The Labute approximate surface area is 134 Å². The number of nitrogens with one attached hydrogen (secondary N) is 1. The fourth-order valence-electron chi connectivity index (χ4n) is 2.64. The molecular weight excluding hydrogens is 294 g/mol. The summed E-state index contributed by atoms with van der Waals surface area (Å²) >= 11 is 0. The van der Waals surface area contributed by atoms with Crippen molar-refractivity contribution in [1.82, 2.24) is 5.48 Å². The summed E-state index contributed by atoms with van der Waals surface area (Å²) in [4.78, 5) is 11.8. The van der Waals surface area contributed by atoms with Crippen LogP contribution in [0.25, 0.3) is 0 Å². The van der Waals surface area contributed by atoms with Gasteiger partial charge in [0, 0.05) is 0 Å². The summed E-state index contributed by atoms with van der Waals surface area (Å²) in [5.74, 6) is 1.78. The molecule has 0 aliphatic heterocycles. The molecule has 0 saturated heterocycles. The highest BCUT2D eigenvalue weighted by molar-refractivity contribution is 5.90. The monoisotopic (exact) mass is 313 g/mol. The minimum Gasteiger partial charge on any atom is -0.494 e. The van der Waals surface area contributed by atoms with Gasteiger partial charge in [-0.3, -0.25) is 10.0 Å². The van der Waals surface area contributed by atoms with Crippen LogP contribution in [0, 0.1) is 0 Å². The molecule has 0 heterocycles. The lowest BCUT2D eigenvalue weighted by Gasteiger charge is -2.14. The summed E-state index contributed by atoms with van der Waals surface area (Å²) < 4.78 is 11.2. The molecule has 1 amide bonds. The van der Waals surface area contributed by atoms with E-state index in [4.69, 9.17) is 14.7 Å². The van der Waals surface area contributed by atoms with E-state index in [1.54, 1.807) is 5.48 Å². The Kier molecular flexibility index (Phi) is 4.21. The average molecular weight is 313 g/mol. The summed E-state index contributed by atoms with van der Waals surface area (Å²) in [6.45, 7) is 2.56. The van der Waals surface area contributed by atoms with E-state index in [9.17, 15) is 4.79 Å². The zero-order valence-corrected chi connectivity index (χ0v) is 12.9. The third-order valence-corrected chi connectivity index (χ3v) is 4.04. The van der Waals surface area contributed by atoms with Crippen LogP contribution in [0.2, 0.25) is 0 Å². The van der Waals surface area contributed by atoms with Crippen molar-refractivity contribution in [1.29, 1.82) is 0 Å². The standard InChI is InChI=1S/C18H19NO4/c1-2-22-14-6-8-15(9-7-14)23-16-5-3-4-13(12-16)18(10-11-18)17(20)19-21/h3-9,12,21H,2,10-11H2,1H3,(H,19,20). The summed E-state index contributed by atoms with van der Waals surface area (Å²) in [6, 6.07) is 14.8. The van der Waals surface area contributed by atoms with E-state index in [0.717, 1.165) is 24.2 Å². The Balaban J connectivity index is 1.77. The van der Waals surface area contributed by atoms with Crippen molar-refractivity contribution in [3.8, 4) is 17.2 Å². The zero-order valence-electron chi connectivity index (χ0n) is 12.9. The molecule has 120 valence electrons. The number of carbonyl (C=O) groups is 1. The van der Waals surface area contributed by atoms with Gasteiger partial charge in [-0.25, -0.2) is 5.48 Å². The van der Waals surface area contributed by atoms with Crippen LogP contribution in [-0.4, -0.2) is 17.7 Å². The van der Waals surface area contributed by atoms with E-state index in [0.29, 0.717) is 18.1 Å². The van der Waals surface area contributed by atoms with Gasteiger partial charge in [-0.15, -0.1) is 0 Å². The summed E-state index contributed by atoms with van der Waals surface area (Å²) in [6.07, 6.45) is 1.46. The Bertz CT molecular complexity index is 692. The first-order valence-corrected chi connectivity index (χ1v) is 7.64. The maximum atomic E-state index is 11.8. The summed E-state index contributed by atoms with van der Waals surface area (Å²) in [5.41, 5.74) is 2.00. The van der Waals surface area contributed by atoms with Crippen LogP contribution >= 0.6 is 0 Å². The molecule has 2 aromatic rings. The molecule has 0 atom stereocenters. The fourth-order valence-corrected chi connectivity index (χ4v) is 2.64. The van der Waals surface area contributed by atoms with Crippen molar-refractivity contribution in [3.63, 3.8) is 0 Å². The van der Waals surface area contributed by atoms with Gasteiger partial charge in [0.25, 0.3) is 5.91 Å². The highest BCUT2D eigenvalue weighted by atomic mass is 16.5. The molecule has 2 N–H and O–H groups in total. The normalized spacial score (nSPS) is 14.9. The van der Waals surface area contributed by atoms with Crippen molar-refractivity contribution < 1.29 is 19.5 Å². The molecule has 2 aromatic carbocycles. The van der Waals surface area contributed by atoms with Gasteiger partial charge in [0.2, 0.25) is 0 Å². The maximum absolute atomic E-state index is 11.8. The number of benzene rings is 2. The molecule has 1 fully saturated rings. The molecule has 0 unspecified atom stereocenters. The first-order chi connectivity index (χ1) is 11.2. The van der Waals surface area contributed by atoms with E-state index in [2.05, 4.69) is 0 Å². The molecule has 5 nitrogen and oxygen atoms in total. The Morgan fingerprint density at radius 3 is 2.43 bits per heavy atom. The van der Waals surface area contributed by atoms with Gasteiger partial charge in [0.1, 0.15) is 17.2 Å². The van der Waals surface area contributed by atoms with Gasteiger partial charge in [-0.2, -0.15) is 0 Å². The molecule has 0 radical (unpaired) electrons. The van der Waals surface area contributed by atoms with Crippen LogP contribution in [0.1, 0.15) is 25.3 Å². The van der Waals surface area contributed by atoms with E-state index in [1.807, 2.05) is 55.5 Å². The zero-order chi connectivity index (χ0) is 16.3. The van der Waals surface area contributed by atoms with Crippen LogP contribution in [0.15, 0.2) is 48.5 Å². The fraction of sp³-hybridized carbons (Fsp3) is 0.278. The van der Waals surface area contributed by atoms with Crippen molar-refractivity contribution in [3.05, 3.63) is 54.1 Å². The van der Waals surface area contributed by atoms with Gasteiger partial charge >= 0.3 is 0 Å². The van der Waals surface area contributed by atoms with Gasteiger partial charge in [0.05, 0.1) is 12.0 Å². The smallest absolute Gasteiger partial charge is 0.253 e. The first kappa shape index (κ1) is 15.4. The van der Waals surface area contributed by atoms with Crippen LogP contribution in [0.4, 0.5) is 0 Å². The molecule has 0 aromatic heterocycles. The lowest BCUT2D eigenvalue weighted by atomic mass is 9.95. The molecule has 1 aliphatic rings. The second kappa shape index (κ2) is 6.30. The van der Waals surface area contributed by atoms with Crippen molar-refractivity contribution in [2.24, 2.45) is 0 Å². The SMILES string of the molecule is CCOc1ccc(Oc2cccc(C3(C(=O)NO)CC3)c2)cc1. The second-order valence-corrected chi connectivity index (χ2v) is 5.56. The first-order valence-electron chi connectivity index (χ1n) is 7.64. The third kappa shape index (κ3) is 3.14. The van der Waals surface area contributed by atoms with Crippen LogP contribution < -0.4 is 15.0 Å². The number of ether oxygens (including phenoxy) is 2. The van der Waals surface area contributed by atoms with Gasteiger partial charge in [-0.1, -0.05) is 12.1 Å². The molecule has 1 saturated carbocycles.